The van der Waals surface area contributed by atoms with Crippen molar-refractivity contribution in [1.82, 2.24) is 14.7 Å². The molecule has 1 heterocycles. The lowest BCUT2D eigenvalue weighted by atomic mass is 10.0. The predicted molar refractivity (Wildman–Crippen MR) is 87.4 cm³/mol. The van der Waals surface area contributed by atoms with Crippen LogP contribution in [0.2, 0.25) is 0 Å². The topological polar surface area (TPSA) is 37.8 Å². The van der Waals surface area contributed by atoms with Crippen LogP contribution in [-0.2, 0) is 0 Å². The van der Waals surface area contributed by atoms with Crippen LogP contribution < -0.4 is 5.32 Å². The summed E-state index contributed by atoms with van der Waals surface area (Å²) in [5.41, 5.74) is 1.34. The highest BCUT2D eigenvalue weighted by Crippen LogP contribution is 2.32. The van der Waals surface area contributed by atoms with Gasteiger partial charge in [-0.1, -0.05) is 55.9 Å². The zero-order valence-electron chi connectivity index (χ0n) is 12.2. The molecule has 0 aliphatic heterocycles. The van der Waals surface area contributed by atoms with Gasteiger partial charge in [0.05, 0.1) is 0 Å². The number of aryl methyl sites for hydroxylation is 1. The van der Waals surface area contributed by atoms with Crippen LogP contribution in [0.25, 0.3) is 0 Å². The van der Waals surface area contributed by atoms with E-state index in [-0.39, 0.29) is 0 Å². The Balaban J connectivity index is 2.09. The molecular weight excluding hydrogens is 286 g/mol. The zero-order valence-corrected chi connectivity index (χ0v) is 13.8. The molecule has 0 radical (unpaired) electrons. The second-order valence-corrected chi connectivity index (χ2v) is 7.15. The molecule has 2 atom stereocenters. The number of benzene rings is 1. The van der Waals surface area contributed by atoms with Crippen molar-refractivity contribution in [3.63, 3.8) is 0 Å². The van der Waals surface area contributed by atoms with Gasteiger partial charge < -0.3 is 5.32 Å². The van der Waals surface area contributed by atoms with E-state index in [0.29, 0.717) is 11.3 Å². The van der Waals surface area contributed by atoms with Gasteiger partial charge in [-0.2, -0.15) is 4.37 Å². The monoisotopic (exact) mass is 307 g/mol. The van der Waals surface area contributed by atoms with Gasteiger partial charge in [0.15, 0.2) is 4.34 Å². The van der Waals surface area contributed by atoms with E-state index in [2.05, 4.69) is 58.9 Å². The highest BCUT2D eigenvalue weighted by Gasteiger charge is 2.20. The normalized spacial score (nSPS) is 14.2. The Morgan fingerprint density at radius 2 is 2.05 bits per heavy atom. The van der Waals surface area contributed by atoms with Gasteiger partial charge in [0.2, 0.25) is 0 Å². The first-order valence-corrected chi connectivity index (χ1v) is 8.61. The molecule has 0 saturated carbocycles. The van der Waals surface area contributed by atoms with Crippen LogP contribution in [0.15, 0.2) is 34.7 Å². The summed E-state index contributed by atoms with van der Waals surface area (Å²) in [4.78, 5) is 4.45. The van der Waals surface area contributed by atoms with E-state index in [1.54, 1.807) is 11.8 Å². The molecule has 108 valence electrons. The Hall–Kier alpha value is -0.910. The molecule has 2 rings (SSSR count). The van der Waals surface area contributed by atoms with Crippen LogP contribution in [0.4, 0.5) is 0 Å². The smallest absolute Gasteiger partial charge is 0.170 e. The molecule has 1 aromatic heterocycles. The molecule has 0 saturated heterocycles. The second-order valence-electron chi connectivity index (χ2n) is 4.77. The van der Waals surface area contributed by atoms with Crippen LogP contribution in [0.5, 0.6) is 0 Å². The fraction of sp³-hybridized carbons (Fsp3) is 0.467. The van der Waals surface area contributed by atoms with Gasteiger partial charge in [-0.25, -0.2) is 4.98 Å². The lowest BCUT2D eigenvalue weighted by Crippen LogP contribution is -2.29. The molecule has 20 heavy (non-hydrogen) atoms. The summed E-state index contributed by atoms with van der Waals surface area (Å²) in [6, 6.07) is 11.0. The molecule has 3 nitrogen and oxygen atoms in total. The van der Waals surface area contributed by atoms with E-state index in [1.165, 1.54) is 17.1 Å². The molecule has 2 unspecified atom stereocenters. The van der Waals surface area contributed by atoms with Crippen molar-refractivity contribution in [3.8, 4) is 0 Å². The lowest BCUT2D eigenvalue weighted by molar-refractivity contribution is 0.528. The van der Waals surface area contributed by atoms with Gasteiger partial charge in [0.1, 0.15) is 5.82 Å². The molecule has 1 aromatic carbocycles. The minimum Gasteiger partial charge on any atom is -0.309 e. The minimum atomic E-state index is 0.338. The van der Waals surface area contributed by atoms with E-state index >= 15 is 0 Å². The molecule has 5 heteroatoms. The average molecular weight is 307 g/mol. The predicted octanol–water partition coefficient (Wildman–Crippen LogP) is 4.07. The van der Waals surface area contributed by atoms with Gasteiger partial charge >= 0.3 is 0 Å². The number of thioether (sulfide) groups is 1. The summed E-state index contributed by atoms with van der Waals surface area (Å²) in [5.74, 6) is 0.863. The quantitative estimate of drug-likeness (QED) is 0.783. The molecular formula is C15H21N3S2. The Kier molecular flexibility index (Phi) is 6.01. The van der Waals surface area contributed by atoms with Crippen molar-refractivity contribution in [2.24, 2.45) is 0 Å². The molecule has 0 bridgehead atoms. The summed E-state index contributed by atoms with van der Waals surface area (Å²) >= 11 is 3.29. The highest BCUT2D eigenvalue weighted by molar-refractivity contribution is 8.01. The first kappa shape index (κ1) is 15.5. The van der Waals surface area contributed by atoms with Gasteiger partial charge in [-0.15, -0.1) is 0 Å². The van der Waals surface area contributed by atoms with Crippen molar-refractivity contribution in [2.45, 2.75) is 42.8 Å². The molecule has 1 N–H and O–H groups in total. The first-order chi connectivity index (χ1) is 9.70. The van der Waals surface area contributed by atoms with E-state index in [0.717, 1.165) is 23.1 Å². The fourth-order valence-corrected chi connectivity index (χ4v) is 4.12. The second kappa shape index (κ2) is 7.76. The van der Waals surface area contributed by atoms with Crippen LogP contribution in [0, 0.1) is 6.92 Å². The molecule has 0 fully saturated rings. The van der Waals surface area contributed by atoms with Gasteiger partial charge in [0, 0.05) is 11.3 Å². The Labute approximate surface area is 129 Å². The third-order valence-corrected chi connectivity index (χ3v) is 5.09. The maximum Gasteiger partial charge on any atom is 0.170 e. The maximum absolute atomic E-state index is 4.45. The summed E-state index contributed by atoms with van der Waals surface area (Å²) < 4.78 is 5.30. The Bertz CT molecular complexity index is 513. The van der Waals surface area contributed by atoms with E-state index in [4.69, 9.17) is 0 Å². The number of hydrogen-bond acceptors (Lipinski definition) is 5. The van der Waals surface area contributed by atoms with E-state index in [9.17, 15) is 0 Å². The largest absolute Gasteiger partial charge is 0.309 e. The van der Waals surface area contributed by atoms with Crippen LogP contribution in [0.1, 0.15) is 37.7 Å². The van der Waals surface area contributed by atoms with Crippen LogP contribution in [0.3, 0.4) is 0 Å². The molecule has 0 aliphatic carbocycles. The standard InChI is InChI=1S/C15H21N3S2/c1-4-10-16-14(13-8-6-5-7-9-13)11(2)19-15-17-12(3)18-20-15/h5-9,11,14,16H,4,10H2,1-3H3. The molecule has 0 amide bonds. The van der Waals surface area contributed by atoms with Gasteiger partial charge in [-0.05, 0) is 37.0 Å². The average Bonchev–Trinajstić information content (AvgIpc) is 2.86. The Morgan fingerprint density at radius 1 is 1.30 bits per heavy atom. The summed E-state index contributed by atoms with van der Waals surface area (Å²) in [7, 11) is 0. The number of hydrogen-bond donors (Lipinski definition) is 1. The van der Waals surface area contributed by atoms with E-state index < -0.39 is 0 Å². The molecule has 0 aliphatic rings. The third kappa shape index (κ3) is 4.30. The summed E-state index contributed by atoms with van der Waals surface area (Å²) in [5, 5.41) is 4.06. The molecule has 0 spiro atoms. The lowest BCUT2D eigenvalue weighted by Gasteiger charge is -2.24. The van der Waals surface area contributed by atoms with E-state index in [1.807, 2.05) is 6.92 Å². The number of nitrogens with zero attached hydrogens (tertiary/aromatic N) is 2. The van der Waals surface area contributed by atoms with Crippen molar-refractivity contribution in [2.75, 3.05) is 6.54 Å². The fourth-order valence-electron chi connectivity index (χ4n) is 2.07. The highest BCUT2D eigenvalue weighted by atomic mass is 32.2. The first-order valence-electron chi connectivity index (χ1n) is 6.96. The van der Waals surface area contributed by atoms with Crippen molar-refractivity contribution in [3.05, 3.63) is 41.7 Å². The minimum absolute atomic E-state index is 0.338. The van der Waals surface area contributed by atoms with Crippen LogP contribution in [-0.4, -0.2) is 21.2 Å². The van der Waals surface area contributed by atoms with Crippen LogP contribution >= 0.6 is 23.3 Å². The van der Waals surface area contributed by atoms with Crippen molar-refractivity contribution in [1.29, 1.82) is 0 Å². The molecule has 2 aromatic rings. The number of aromatic nitrogens is 2. The summed E-state index contributed by atoms with van der Waals surface area (Å²) in [6.07, 6.45) is 1.14. The Morgan fingerprint density at radius 3 is 2.65 bits per heavy atom. The van der Waals surface area contributed by atoms with Gasteiger partial charge in [0.25, 0.3) is 0 Å². The third-order valence-electron chi connectivity index (χ3n) is 3.04. The van der Waals surface area contributed by atoms with Gasteiger partial charge in [-0.3, -0.25) is 0 Å². The van der Waals surface area contributed by atoms with Crippen molar-refractivity contribution >= 4 is 23.3 Å². The zero-order chi connectivity index (χ0) is 14.4. The number of rotatable bonds is 7. The SMILES string of the molecule is CCCNC(c1ccccc1)C(C)Sc1nc(C)ns1. The van der Waals surface area contributed by atoms with Crippen molar-refractivity contribution < 1.29 is 0 Å². The number of nitrogens with one attached hydrogen (secondary N) is 1. The summed E-state index contributed by atoms with van der Waals surface area (Å²) in [6.45, 7) is 7.41. The maximum atomic E-state index is 4.45.